The molecule has 0 spiro atoms. The van der Waals surface area contributed by atoms with E-state index in [4.69, 9.17) is 5.73 Å². The zero-order chi connectivity index (χ0) is 15.2. The molecule has 0 aliphatic carbocycles. The van der Waals surface area contributed by atoms with Crippen LogP contribution in [0.15, 0.2) is 23.1 Å². The largest absolute Gasteiger partial charge is 0.506 e. The van der Waals surface area contributed by atoms with Crippen LogP contribution in [0.4, 0.5) is 5.69 Å². The zero-order valence-corrected chi connectivity index (χ0v) is 12.9. The number of phenolic OH excluding ortho intramolecular Hbond substituents is 1. The third-order valence-corrected chi connectivity index (χ3v) is 6.61. The Kier molecular flexibility index (Phi) is 3.59. The van der Waals surface area contributed by atoms with Gasteiger partial charge in [-0.3, -0.25) is 4.90 Å². The van der Waals surface area contributed by atoms with E-state index < -0.39 is 10.0 Å². The molecule has 6 nitrogen and oxygen atoms in total. The van der Waals surface area contributed by atoms with E-state index in [0.717, 1.165) is 19.3 Å². The lowest BCUT2D eigenvalue weighted by Gasteiger charge is -2.25. The van der Waals surface area contributed by atoms with Crippen LogP contribution in [0.1, 0.15) is 19.3 Å². The molecule has 21 heavy (non-hydrogen) atoms. The van der Waals surface area contributed by atoms with Crippen molar-refractivity contribution in [2.75, 3.05) is 25.9 Å². The topological polar surface area (TPSA) is 86.9 Å². The number of anilines is 1. The molecule has 2 bridgehead atoms. The van der Waals surface area contributed by atoms with Gasteiger partial charge in [0.25, 0.3) is 0 Å². The molecule has 1 aromatic carbocycles. The summed E-state index contributed by atoms with van der Waals surface area (Å²) in [5.41, 5.74) is 5.71. The molecule has 116 valence electrons. The molecule has 0 amide bonds. The Labute approximate surface area is 125 Å². The molecule has 1 aromatic rings. The first kappa shape index (κ1) is 14.6. The van der Waals surface area contributed by atoms with Gasteiger partial charge in [0.1, 0.15) is 5.75 Å². The average Bonchev–Trinajstić information content (AvgIpc) is 2.65. The number of fused-ring (bicyclic) bond motifs is 2. The summed E-state index contributed by atoms with van der Waals surface area (Å²) in [6.45, 7) is 1.06. The SMILES string of the molecule is CN1C2CCC1CN(S(=O)(=O)c1ccc(O)c(N)c1)CC2. The fourth-order valence-corrected chi connectivity index (χ4v) is 4.87. The average molecular weight is 311 g/mol. The molecule has 2 heterocycles. The summed E-state index contributed by atoms with van der Waals surface area (Å²) in [6.07, 6.45) is 3.06. The zero-order valence-electron chi connectivity index (χ0n) is 12.1. The molecule has 0 radical (unpaired) electrons. The molecule has 3 rings (SSSR count). The van der Waals surface area contributed by atoms with E-state index >= 15 is 0 Å². The van der Waals surface area contributed by atoms with Gasteiger partial charge in [0, 0.05) is 25.2 Å². The summed E-state index contributed by atoms with van der Waals surface area (Å²) in [4.78, 5) is 2.46. The fourth-order valence-electron chi connectivity index (χ4n) is 3.34. The molecule has 0 saturated carbocycles. The third kappa shape index (κ3) is 2.49. The number of aromatic hydroxyl groups is 1. The van der Waals surface area contributed by atoms with Crippen molar-refractivity contribution in [1.29, 1.82) is 0 Å². The first-order valence-electron chi connectivity index (χ1n) is 7.20. The summed E-state index contributed by atoms with van der Waals surface area (Å²) in [6, 6.07) is 4.85. The first-order chi connectivity index (χ1) is 9.89. The van der Waals surface area contributed by atoms with Crippen molar-refractivity contribution in [1.82, 2.24) is 9.21 Å². The summed E-state index contributed by atoms with van der Waals surface area (Å²) in [7, 11) is -1.47. The van der Waals surface area contributed by atoms with Gasteiger partial charge < -0.3 is 10.8 Å². The van der Waals surface area contributed by atoms with Crippen molar-refractivity contribution in [3.63, 3.8) is 0 Å². The molecule has 2 atom stereocenters. The number of phenols is 1. The lowest BCUT2D eigenvalue weighted by Crippen LogP contribution is -2.39. The molecular weight excluding hydrogens is 290 g/mol. The standard InChI is InChI=1S/C14H21N3O3S/c1-16-10-2-3-11(16)9-17(7-6-10)21(19,20)12-4-5-14(18)13(15)8-12/h4-5,8,10-11,18H,2-3,6-7,9,15H2,1H3. The van der Waals surface area contributed by atoms with Gasteiger partial charge in [0.05, 0.1) is 10.6 Å². The molecular formula is C14H21N3O3S. The minimum absolute atomic E-state index is 0.0875. The molecule has 3 N–H and O–H groups in total. The second kappa shape index (κ2) is 5.15. The molecule has 0 aromatic heterocycles. The highest BCUT2D eigenvalue weighted by Gasteiger charge is 2.38. The van der Waals surface area contributed by atoms with Crippen LogP contribution >= 0.6 is 0 Å². The Morgan fingerprint density at radius 1 is 1.24 bits per heavy atom. The Hall–Kier alpha value is -1.31. The third-order valence-electron chi connectivity index (χ3n) is 4.75. The smallest absolute Gasteiger partial charge is 0.243 e. The monoisotopic (exact) mass is 311 g/mol. The number of nitrogen functional groups attached to an aromatic ring is 1. The van der Waals surface area contributed by atoms with Gasteiger partial charge >= 0.3 is 0 Å². The number of rotatable bonds is 2. The predicted octanol–water partition coefficient (Wildman–Crippen LogP) is 0.832. The van der Waals surface area contributed by atoms with Gasteiger partial charge in [-0.1, -0.05) is 0 Å². The van der Waals surface area contributed by atoms with E-state index in [1.165, 1.54) is 18.2 Å². The van der Waals surface area contributed by atoms with E-state index in [-0.39, 0.29) is 16.3 Å². The summed E-state index contributed by atoms with van der Waals surface area (Å²) in [5, 5.41) is 9.45. The van der Waals surface area contributed by atoms with Gasteiger partial charge in [0.2, 0.25) is 10.0 Å². The number of nitrogens with two attached hydrogens (primary N) is 1. The van der Waals surface area contributed by atoms with Crippen molar-refractivity contribution in [2.45, 2.75) is 36.2 Å². The van der Waals surface area contributed by atoms with Crippen LogP contribution in [0, 0.1) is 0 Å². The van der Waals surface area contributed by atoms with Crippen LogP contribution in [0.2, 0.25) is 0 Å². The minimum Gasteiger partial charge on any atom is -0.506 e. The second-order valence-electron chi connectivity index (χ2n) is 5.92. The Morgan fingerprint density at radius 2 is 1.95 bits per heavy atom. The van der Waals surface area contributed by atoms with Crippen LogP contribution < -0.4 is 5.73 Å². The first-order valence-corrected chi connectivity index (χ1v) is 8.64. The van der Waals surface area contributed by atoms with Crippen LogP contribution in [0.25, 0.3) is 0 Å². The quantitative estimate of drug-likeness (QED) is 0.624. The summed E-state index contributed by atoms with van der Waals surface area (Å²) < 4.78 is 27.1. The lowest BCUT2D eigenvalue weighted by molar-refractivity contribution is 0.246. The highest BCUT2D eigenvalue weighted by atomic mass is 32.2. The number of sulfonamides is 1. The molecule has 2 aliphatic rings. The number of nitrogens with zero attached hydrogens (tertiary/aromatic N) is 2. The Morgan fingerprint density at radius 3 is 2.67 bits per heavy atom. The van der Waals surface area contributed by atoms with E-state index in [1.807, 2.05) is 0 Å². The second-order valence-corrected chi connectivity index (χ2v) is 7.86. The van der Waals surface area contributed by atoms with Crippen LogP contribution in [-0.2, 0) is 10.0 Å². The highest BCUT2D eigenvalue weighted by Crippen LogP contribution is 2.32. The maximum Gasteiger partial charge on any atom is 0.243 e. The molecule has 2 unspecified atom stereocenters. The number of benzene rings is 1. The van der Waals surface area contributed by atoms with Crippen molar-refractivity contribution in [2.24, 2.45) is 0 Å². The van der Waals surface area contributed by atoms with Gasteiger partial charge in [0.15, 0.2) is 0 Å². The Balaban J connectivity index is 1.89. The maximum absolute atomic E-state index is 12.8. The van der Waals surface area contributed by atoms with Crippen LogP contribution in [0.3, 0.4) is 0 Å². The van der Waals surface area contributed by atoms with Gasteiger partial charge in [-0.2, -0.15) is 4.31 Å². The predicted molar refractivity (Wildman–Crippen MR) is 80.5 cm³/mol. The Bertz CT molecular complexity index is 647. The fraction of sp³-hybridized carbons (Fsp3) is 0.571. The van der Waals surface area contributed by atoms with Crippen molar-refractivity contribution in [3.05, 3.63) is 18.2 Å². The molecule has 2 saturated heterocycles. The van der Waals surface area contributed by atoms with E-state index in [0.29, 0.717) is 25.2 Å². The molecule has 7 heteroatoms. The summed E-state index contributed by atoms with van der Waals surface area (Å²) >= 11 is 0. The number of hydrogen-bond acceptors (Lipinski definition) is 5. The summed E-state index contributed by atoms with van der Waals surface area (Å²) in [5.74, 6) is -0.0939. The van der Waals surface area contributed by atoms with E-state index in [9.17, 15) is 13.5 Å². The van der Waals surface area contributed by atoms with Crippen molar-refractivity contribution < 1.29 is 13.5 Å². The minimum atomic E-state index is -3.55. The number of hydrogen-bond donors (Lipinski definition) is 2. The van der Waals surface area contributed by atoms with Gasteiger partial charge in [-0.15, -0.1) is 0 Å². The van der Waals surface area contributed by atoms with E-state index in [1.54, 1.807) is 4.31 Å². The van der Waals surface area contributed by atoms with Gasteiger partial charge in [-0.25, -0.2) is 8.42 Å². The lowest BCUT2D eigenvalue weighted by atomic mass is 10.1. The normalized spacial score (nSPS) is 27.7. The van der Waals surface area contributed by atoms with Crippen molar-refractivity contribution >= 4 is 15.7 Å². The number of likely N-dealkylation sites (N-methyl/N-ethyl adjacent to an activating group) is 1. The van der Waals surface area contributed by atoms with Crippen molar-refractivity contribution in [3.8, 4) is 5.75 Å². The van der Waals surface area contributed by atoms with E-state index in [2.05, 4.69) is 11.9 Å². The van der Waals surface area contributed by atoms with Gasteiger partial charge in [-0.05, 0) is 44.5 Å². The van der Waals surface area contributed by atoms with Crippen LogP contribution in [0.5, 0.6) is 5.75 Å². The highest BCUT2D eigenvalue weighted by molar-refractivity contribution is 7.89. The molecule has 2 aliphatic heterocycles. The van der Waals surface area contributed by atoms with Crippen LogP contribution in [-0.4, -0.2) is 55.0 Å². The molecule has 2 fully saturated rings. The maximum atomic E-state index is 12.8.